The van der Waals surface area contributed by atoms with Crippen molar-refractivity contribution in [2.24, 2.45) is 0 Å². The highest BCUT2D eigenvalue weighted by Crippen LogP contribution is 2.54. The van der Waals surface area contributed by atoms with Crippen LogP contribution >= 0.6 is 11.6 Å². The summed E-state index contributed by atoms with van der Waals surface area (Å²) < 4.78 is 2.34. The SMILES string of the molecule is CC1(C)c2ccccc2-c2c1cc1c(c2Cl)c2ccccc2n1-c1ccccc1. The maximum Gasteiger partial charge on any atom is 0.0587 e. The molecule has 1 aliphatic rings. The number of benzene rings is 4. The first-order valence-electron chi connectivity index (χ1n) is 10.0. The number of para-hydroxylation sites is 2. The van der Waals surface area contributed by atoms with Crippen molar-refractivity contribution in [3.63, 3.8) is 0 Å². The number of hydrogen-bond acceptors (Lipinski definition) is 0. The molecule has 0 aliphatic heterocycles. The van der Waals surface area contributed by atoms with Gasteiger partial charge in [-0.05, 0) is 41.0 Å². The van der Waals surface area contributed by atoms with Crippen molar-refractivity contribution >= 4 is 33.4 Å². The average molecular weight is 394 g/mol. The van der Waals surface area contributed by atoms with Crippen molar-refractivity contribution in [1.29, 1.82) is 0 Å². The Labute approximate surface area is 175 Å². The first kappa shape index (κ1) is 16.9. The van der Waals surface area contributed by atoms with Gasteiger partial charge in [0.25, 0.3) is 0 Å². The van der Waals surface area contributed by atoms with Gasteiger partial charge in [0.2, 0.25) is 0 Å². The van der Waals surface area contributed by atoms with E-state index in [-0.39, 0.29) is 5.41 Å². The zero-order chi connectivity index (χ0) is 19.8. The van der Waals surface area contributed by atoms with E-state index >= 15 is 0 Å². The van der Waals surface area contributed by atoms with Crippen LogP contribution in [-0.2, 0) is 5.41 Å². The summed E-state index contributed by atoms with van der Waals surface area (Å²) in [5.74, 6) is 0. The van der Waals surface area contributed by atoms with Gasteiger partial charge >= 0.3 is 0 Å². The molecule has 0 saturated carbocycles. The van der Waals surface area contributed by atoms with Crippen LogP contribution in [0.25, 0.3) is 38.6 Å². The Morgan fingerprint density at radius 2 is 1.41 bits per heavy atom. The highest BCUT2D eigenvalue weighted by Gasteiger charge is 2.38. The molecule has 0 saturated heterocycles. The minimum Gasteiger partial charge on any atom is -0.309 e. The minimum atomic E-state index is -0.0816. The van der Waals surface area contributed by atoms with Crippen LogP contribution in [0.3, 0.4) is 0 Å². The fraction of sp³-hybridized carbons (Fsp3) is 0.111. The van der Waals surface area contributed by atoms with Gasteiger partial charge in [0.15, 0.2) is 0 Å². The Morgan fingerprint density at radius 3 is 2.24 bits per heavy atom. The third kappa shape index (κ3) is 2.11. The zero-order valence-electron chi connectivity index (χ0n) is 16.4. The lowest BCUT2D eigenvalue weighted by Gasteiger charge is -2.22. The van der Waals surface area contributed by atoms with E-state index in [9.17, 15) is 0 Å². The molecule has 0 N–H and O–H groups in total. The van der Waals surface area contributed by atoms with Crippen molar-refractivity contribution in [2.75, 3.05) is 0 Å². The molecular formula is C27H20ClN. The second kappa shape index (κ2) is 5.75. The maximum absolute atomic E-state index is 7.21. The summed E-state index contributed by atoms with van der Waals surface area (Å²) in [5.41, 5.74) is 8.53. The molecule has 2 heteroatoms. The van der Waals surface area contributed by atoms with Gasteiger partial charge in [0.1, 0.15) is 0 Å². The zero-order valence-corrected chi connectivity index (χ0v) is 17.2. The van der Waals surface area contributed by atoms with Crippen LogP contribution in [0.15, 0.2) is 84.9 Å². The van der Waals surface area contributed by atoms with Gasteiger partial charge in [-0.25, -0.2) is 0 Å². The van der Waals surface area contributed by atoms with Crippen molar-refractivity contribution in [1.82, 2.24) is 4.57 Å². The van der Waals surface area contributed by atoms with Gasteiger partial charge in [-0.2, -0.15) is 0 Å². The Bertz CT molecular complexity index is 1420. The van der Waals surface area contributed by atoms with E-state index in [1.165, 1.54) is 38.7 Å². The molecule has 1 nitrogen and oxygen atoms in total. The topological polar surface area (TPSA) is 4.93 Å². The Kier molecular flexibility index (Phi) is 3.34. The van der Waals surface area contributed by atoms with E-state index in [1.807, 2.05) is 0 Å². The van der Waals surface area contributed by atoms with E-state index in [0.717, 1.165) is 16.1 Å². The highest BCUT2D eigenvalue weighted by molar-refractivity contribution is 6.41. The fourth-order valence-electron chi connectivity index (χ4n) is 5.08. The average Bonchev–Trinajstić information content (AvgIpc) is 3.20. The van der Waals surface area contributed by atoms with Gasteiger partial charge in [-0.3, -0.25) is 0 Å². The first-order chi connectivity index (χ1) is 14.1. The van der Waals surface area contributed by atoms with E-state index < -0.39 is 0 Å². The maximum atomic E-state index is 7.21. The van der Waals surface area contributed by atoms with Crippen LogP contribution in [0.4, 0.5) is 0 Å². The standard InChI is InChI=1S/C27H20ClN/c1-27(2)20-14-8-6-12-18(20)24-21(27)16-23-25(26(24)28)19-13-7-9-15-22(19)29(23)17-10-4-3-5-11-17/h3-16H,1-2H3. The number of aromatic nitrogens is 1. The van der Waals surface area contributed by atoms with E-state index in [1.54, 1.807) is 0 Å². The summed E-state index contributed by atoms with van der Waals surface area (Å²) in [7, 11) is 0. The fourth-order valence-corrected chi connectivity index (χ4v) is 5.48. The van der Waals surface area contributed by atoms with Crippen LogP contribution in [0.2, 0.25) is 5.02 Å². The molecule has 29 heavy (non-hydrogen) atoms. The Morgan fingerprint density at radius 1 is 0.724 bits per heavy atom. The molecule has 0 amide bonds. The molecule has 6 rings (SSSR count). The normalized spacial score (nSPS) is 14.3. The smallest absolute Gasteiger partial charge is 0.0587 e. The molecule has 1 aliphatic carbocycles. The molecular weight excluding hydrogens is 374 g/mol. The summed E-state index contributed by atoms with van der Waals surface area (Å²) in [6, 6.07) is 30.2. The third-order valence-corrected chi connectivity index (χ3v) is 6.84. The molecule has 1 heterocycles. The van der Waals surface area contributed by atoms with Gasteiger partial charge in [0.05, 0.1) is 16.1 Å². The van der Waals surface area contributed by atoms with Gasteiger partial charge < -0.3 is 4.57 Å². The van der Waals surface area contributed by atoms with Crippen molar-refractivity contribution in [3.05, 3.63) is 101 Å². The molecule has 4 aromatic carbocycles. The second-order valence-electron chi connectivity index (χ2n) is 8.37. The van der Waals surface area contributed by atoms with Gasteiger partial charge in [-0.1, -0.05) is 86.1 Å². The largest absolute Gasteiger partial charge is 0.309 e. The van der Waals surface area contributed by atoms with E-state index in [2.05, 4.69) is 103 Å². The number of rotatable bonds is 1. The molecule has 0 radical (unpaired) electrons. The number of halogens is 1. The first-order valence-corrected chi connectivity index (χ1v) is 10.4. The molecule has 1 aromatic heterocycles. The lowest BCUT2D eigenvalue weighted by Crippen LogP contribution is -2.15. The monoisotopic (exact) mass is 393 g/mol. The van der Waals surface area contributed by atoms with Crippen LogP contribution < -0.4 is 0 Å². The highest BCUT2D eigenvalue weighted by atomic mass is 35.5. The molecule has 0 spiro atoms. The summed E-state index contributed by atoms with van der Waals surface area (Å²) in [4.78, 5) is 0. The van der Waals surface area contributed by atoms with Crippen LogP contribution in [0.5, 0.6) is 0 Å². The predicted octanol–water partition coefficient (Wildman–Crippen LogP) is 7.74. The van der Waals surface area contributed by atoms with E-state index in [0.29, 0.717) is 0 Å². The van der Waals surface area contributed by atoms with Crippen LogP contribution in [-0.4, -0.2) is 4.57 Å². The van der Waals surface area contributed by atoms with Crippen LogP contribution in [0.1, 0.15) is 25.0 Å². The Hall–Kier alpha value is -3.03. The summed E-state index contributed by atoms with van der Waals surface area (Å²) >= 11 is 7.21. The molecule has 0 fully saturated rings. The Balaban J connectivity index is 1.84. The lowest BCUT2D eigenvalue weighted by molar-refractivity contribution is 0.661. The summed E-state index contributed by atoms with van der Waals surface area (Å²) in [5, 5.41) is 3.19. The molecule has 0 bridgehead atoms. The number of fused-ring (bicyclic) bond motifs is 6. The lowest BCUT2D eigenvalue weighted by atomic mass is 9.82. The molecule has 0 atom stereocenters. The van der Waals surface area contributed by atoms with Gasteiger partial charge in [0, 0.05) is 27.4 Å². The number of nitrogens with zero attached hydrogens (tertiary/aromatic N) is 1. The van der Waals surface area contributed by atoms with Crippen LogP contribution in [0, 0.1) is 0 Å². The van der Waals surface area contributed by atoms with Crippen molar-refractivity contribution < 1.29 is 0 Å². The van der Waals surface area contributed by atoms with E-state index in [4.69, 9.17) is 11.6 Å². The minimum absolute atomic E-state index is 0.0816. The molecule has 0 unspecified atom stereocenters. The summed E-state index contributed by atoms with van der Waals surface area (Å²) in [6.45, 7) is 4.60. The van der Waals surface area contributed by atoms with Gasteiger partial charge in [-0.15, -0.1) is 0 Å². The predicted molar refractivity (Wildman–Crippen MR) is 123 cm³/mol. The van der Waals surface area contributed by atoms with Crippen molar-refractivity contribution in [2.45, 2.75) is 19.3 Å². The second-order valence-corrected chi connectivity index (χ2v) is 8.74. The third-order valence-electron chi connectivity index (χ3n) is 6.46. The van der Waals surface area contributed by atoms with Crippen molar-refractivity contribution in [3.8, 4) is 16.8 Å². The molecule has 5 aromatic rings. The molecule has 140 valence electrons. The quantitative estimate of drug-likeness (QED) is 0.274. The number of hydrogen-bond donors (Lipinski definition) is 0. The summed E-state index contributed by atoms with van der Waals surface area (Å²) in [6.07, 6.45) is 0.